The molecule has 0 unspecified atom stereocenters. The van der Waals surface area contributed by atoms with E-state index in [0.29, 0.717) is 6.08 Å². The minimum Gasteiger partial charge on any atom is -0.478 e. The van der Waals surface area contributed by atoms with Gasteiger partial charge in [0, 0.05) is 12.0 Å². The number of aliphatic carboxylic acids is 2. The molecule has 0 saturated heterocycles. The van der Waals surface area contributed by atoms with Crippen LogP contribution in [-0.2, 0) is 9.59 Å². The summed E-state index contributed by atoms with van der Waals surface area (Å²) in [6, 6.07) is 0. The van der Waals surface area contributed by atoms with Crippen LogP contribution < -0.4 is 0 Å². The first-order chi connectivity index (χ1) is 6.11. The Morgan fingerprint density at radius 2 is 1.69 bits per heavy atom. The van der Waals surface area contributed by atoms with Crippen molar-refractivity contribution in [1.82, 2.24) is 0 Å². The van der Waals surface area contributed by atoms with Crippen LogP contribution in [0.1, 0.15) is 0 Å². The van der Waals surface area contributed by atoms with E-state index >= 15 is 0 Å². The van der Waals surface area contributed by atoms with Gasteiger partial charge >= 0.3 is 11.9 Å². The van der Waals surface area contributed by atoms with Gasteiger partial charge in [-0.15, -0.1) is 0 Å². The van der Waals surface area contributed by atoms with E-state index in [0.717, 1.165) is 0 Å². The molecule has 0 saturated carbocycles. The largest absolute Gasteiger partial charge is 0.478 e. The maximum absolute atomic E-state index is 10.6. The first kappa shape index (κ1) is 9.25. The van der Waals surface area contributed by atoms with Gasteiger partial charge in [0.05, 0.1) is 5.57 Å². The van der Waals surface area contributed by atoms with Crippen molar-refractivity contribution in [3.63, 3.8) is 0 Å². The first-order valence-electron chi connectivity index (χ1n) is 3.64. The van der Waals surface area contributed by atoms with Gasteiger partial charge in [-0.1, -0.05) is 24.3 Å². The van der Waals surface area contributed by atoms with Gasteiger partial charge in [-0.05, 0) is 0 Å². The Morgan fingerprint density at radius 1 is 1.15 bits per heavy atom. The van der Waals surface area contributed by atoms with Crippen LogP contribution in [0.25, 0.3) is 0 Å². The van der Waals surface area contributed by atoms with E-state index in [-0.39, 0.29) is 5.57 Å². The fourth-order valence-electron chi connectivity index (χ4n) is 1.07. The number of allylic oxidation sites excluding steroid dienone is 4. The van der Waals surface area contributed by atoms with E-state index in [1.165, 1.54) is 0 Å². The highest BCUT2D eigenvalue weighted by atomic mass is 16.4. The molecule has 0 bridgehead atoms. The molecule has 0 heterocycles. The fraction of sp³-hybridized carbons (Fsp3) is 0.111. The van der Waals surface area contributed by atoms with E-state index in [4.69, 9.17) is 10.2 Å². The van der Waals surface area contributed by atoms with Crippen molar-refractivity contribution in [2.75, 3.05) is 0 Å². The van der Waals surface area contributed by atoms with Gasteiger partial charge in [0.25, 0.3) is 0 Å². The fourth-order valence-corrected chi connectivity index (χ4v) is 1.07. The van der Waals surface area contributed by atoms with Gasteiger partial charge in [0.15, 0.2) is 0 Å². The summed E-state index contributed by atoms with van der Waals surface area (Å²) in [7, 11) is 0. The molecule has 4 heteroatoms. The van der Waals surface area contributed by atoms with Crippen molar-refractivity contribution >= 4 is 11.9 Å². The molecule has 68 valence electrons. The summed E-state index contributed by atoms with van der Waals surface area (Å²) in [5, 5.41) is 17.1. The van der Waals surface area contributed by atoms with Crippen molar-refractivity contribution in [1.29, 1.82) is 0 Å². The molecule has 4 nitrogen and oxygen atoms in total. The van der Waals surface area contributed by atoms with Gasteiger partial charge < -0.3 is 10.2 Å². The molecule has 0 atom stereocenters. The molecular formula is C9H8O4. The first-order valence-corrected chi connectivity index (χ1v) is 3.64. The quantitative estimate of drug-likeness (QED) is 0.630. The van der Waals surface area contributed by atoms with Gasteiger partial charge in [-0.25, -0.2) is 9.59 Å². The summed E-state index contributed by atoms with van der Waals surface area (Å²) in [6.07, 6.45) is 7.34. The highest BCUT2D eigenvalue weighted by Crippen LogP contribution is 2.18. The van der Waals surface area contributed by atoms with Gasteiger partial charge in [0.2, 0.25) is 0 Å². The second-order valence-corrected chi connectivity index (χ2v) is 2.54. The van der Waals surface area contributed by atoms with Crippen LogP contribution in [0, 0.1) is 5.92 Å². The Labute approximate surface area is 74.5 Å². The third-order valence-corrected chi connectivity index (χ3v) is 1.63. The summed E-state index contributed by atoms with van der Waals surface area (Å²) >= 11 is 0. The zero-order valence-corrected chi connectivity index (χ0v) is 6.68. The second-order valence-electron chi connectivity index (χ2n) is 2.54. The van der Waals surface area contributed by atoms with Crippen LogP contribution in [0.4, 0.5) is 0 Å². The lowest BCUT2D eigenvalue weighted by molar-refractivity contribution is -0.135. The average Bonchev–Trinajstić information content (AvgIpc) is 2.50. The van der Waals surface area contributed by atoms with Crippen molar-refractivity contribution in [3.05, 3.63) is 36.0 Å². The van der Waals surface area contributed by atoms with E-state index in [1.54, 1.807) is 24.3 Å². The van der Waals surface area contributed by atoms with Gasteiger partial charge in [-0.2, -0.15) is 0 Å². The monoisotopic (exact) mass is 180 g/mol. The highest BCUT2D eigenvalue weighted by Gasteiger charge is 2.18. The van der Waals surface area contributed by atoms with Crippen LogP contribution >= 0.6 is 0 Å². The number of hydrogen-bond acceptors (Lipinski definition) is 2. The normalized spacial score (nSPS) is 16.5. The Kier molecular flexibility index (Phi) is 2.64. The van der Waals surface area contributed by atoms with Crippen molar-refractivity contribution in [3.8, 4) is 0 Å². The zero-order chi connectivity index (χ0) is 9.84. The summed E-state index contributed by atoms with van der Waals surface area (Å²) < 4.78 is 0. The van der Waals surface area contributed by atoms with Crippen LogP contribution in [-0.4, -0.2) is 22.2 Å². The zero-order valence-electron chi connectivity index (χ0n) is 6.68. The average molecular weight is 180 g/mol. The van der Waals surface area contributed by atoms with E-state index in [1.807, 2.05) is 0 Å². The Balaban J connectivity index is 2.92. The topological polar surface area (TPSA) is 74.6 Å². The minimum atomic E-state index is -1.24. The van der Waals surface area contributed by atoms with Crippen molar-refractivity contribution in [2.45, 2.75) is 0 Å². The second kappa shape index (κ2) is 3.71. The van der Waals surface area contributed by atoms with Gasteiger partial charge in [0.1, 0.15) is 0 Å². The predicted octanol–water partition coefficient (Wildman–Crippen LogP) is 0.824. The standard InChI is InChI=1S/C9H8O4/c10-8(11)5-7(9(12)13)6-3-1-2-4-6/h1-6H,(H,10,11)(H,12,13)/b7-5-. The molecule has 0 amide bonds. The molecule has 0 spiro atoms. The number of rotatable bonds is 3. The molecule has 0 aliphatic heterocycles. The molecule has 0 radical (unpaired) electrons. The highest BCUT2D eigenvalue weighted by molar-refractivity contribution is 5.95. The lowest BCUT2D eigenvalue weighted by Gasteiger charge is -2.04. The Hall–Kier alpha value is -1.84. The summed E-state index contributed by atoms with van der Waals surface area (Å²) in [5.41, 5.74) is -0.127. The molecule has 0 aromatic heterocycles. The Bertz CT molecular complexity index is 311. The SMILES string of the molecule is O=C(O)/C=C(\C(=O)O)C1C=CC=C1. The van der Waals surface area contributed by atoms with Crippen LogP contribution in [0.2, 0.25) is 0 Å². The summed E-state index contributed by atoms with van der Waals surface area (Å²) in [6.45, 7) is 0. The maximum atomic E-state index is 10.6. The third-order valence-electron chi connectivity index (χ3n) is 1.63. The molecule has 1 aliphatic carbocycles. The lowest BCUT2D eigenvalue weighted by Crippen LogP contribution is -2.10. The van der Waals surface area contributed by atoms with Crippen LogP contribution in [0.5, 0.6) is 0 Å². The summed E-state index contributed by atoms with van der Waals surface area (Å²) in [4.78, 5) is 20.9. The number of carboxylic acids is 2. The molecule has 2 N–H and O–H groups in total. The van der Waals surface area contributed by atoms with Crippen molar-refractivity contribution < 1.29 is 19.8 Å². The molecule has 1 rings (SSSR count). The third kappa shape index (κ3) is 2.30. The molecule has 0 aromatic carbocycles. The van der Waals surface area contributed by atoms with Crippen LogP contribution in [0.3, 0.4) is 0 Å². The lowest BCUT2D eigenvalue weighted by atomic mass is 10.0. The maximum Gasteiger partial charge on any atom is 0.332 e. The predicted molar refractivity (Wildman–Crippen MR) is 45.1 cm³/mol. The Morgan fingerprint density at radius 3 is 2.08 bits per heavy atom. The van der Waals surface area contributed by atoms with E-state index < -0.39 is 17.9 Å². The van der Waals surface area contributed by atoms with Crippen molar-refractivity contribution in [2.24, 2.45) is 5.92 Å². The molecule has 0 fully saturated rings. The smallest absolute Gasteiger partial charge is 0.332 e. The summed E-state index contributed by atoms with van der Waals surface area (Å²) in [5.74, 6) is -2.87. The number of carboxylic acid groups (broad SMARTS) is 2. The van der Waals surface area contributed by atoms with E-state index in [9.17, 15) is 9.59 Å². The number of hydrogen-bond donors (Lipinski definition) is 2. The molecular weight excluding hydrogens is 172 g/mol. The minimum absolute atomic E-state index is 0.127. The van der Waals surface area contributed by atoms with E-state index in [2.05, 4.69) is 0 Å². The molecule has 13 heavy (non-hydrogen) atoms. The van der Waals surface area contributed by atoms with Gasteiger partial charge in [-0.3, -0.25) is 0 Å². The van der Waals surface area contributed by atoms with Crippen LogP contribution in [0.15, 0.2) is 36.0 Å². The molecule has 1 aliphatic rings. The molecule has 0 aromatic rings. The number of carbonyl (C=O) groups is 2.